The van der Waals surface area contributed by atoms with Gasteiger partial charge in [-0.05, 0) is 0 Å². The third-order valence-electron chi connectivity index (χ3n) is 6.46. The van der Waals surface area contributed by atoms with Crippen molar-refractivity contribution in [3.8, 4) is 11.8 Å². The van der Waals surface area contributed by atoms with Crippen molar-refractivity contribution < 1.29 is 14.4 Å². The number of nitrogens with one attached hydrogen (secondary N) is 1. The Morgan fingerprint density at radius 2 is 1.66 bits per heavy atom. The third kappa shape index (κ3) is 4.81. The summed E-state index contributed by atoms with van der Waals surface area (Å²) in [6, 6.07) is 13.5. The van der Waals surface area contributed by atoms with Crippen molar-refractivity contribution >= 4 is 23.5 Å². The molecule has 0 aliphatic rings. The predicted molar refractivity (Wildman–Crippen MR) is 130 cm³/mol. The molecule has 0 spiro atoms. The van der Waals surface area contributed by atoms with Crippen LogP contribution in [0, 0.1) is 10.1 Å². The van der Waals surface area contributed by atoms with E-state index in [2.05, 4.69) is 59.8 Å². The topological polar surface area (TPSA) is 99.4 Å². The zero-order chi connectivity index (χ0) is 23.4. The first-order chi connectivity index (χ1) is 15.2. The van der Waals surface area contributed by atoms with E-state index in [-0.39, 0.29) is 17.4 Å². The van der Waals surface area contributed by atoms with Crippen LogP contribution in [0.1, 0.15) is 25.0 Å². The van der Waals surface area contributed by atoms with E-state index in [9.17, 15) is 10.1 Å². The Balaban J connectivity index is 2.06. The van der Waals surface area contributed by atoms with Crippen LogP contribution in [0.15, 0.2) is 42.5 Å². The summed E-state index contributed by atoms with van der Waals surface area (Å²) in [6.45, 7) is 4.89. The number of aromatic nitrogens is 2. The zero-order valence-corrected chi connectivity index (χ0v) is 20.2. The average molecular weight is 458 g/mol. The molecule has 3 aromatic rings. The Hall–Kier alpha value is -2.83. The first-order valence-electron chi connectivity index (χ1n) is 10.6. The van der Waals surface area contributed by atoms with Gasteiger partial charge >= 0.3 is 188 Å². The number of nitrogens with zero attached hydrogens (tertiary/aromatic N) is 3. The number of rotatable bonds is 10. The molecule has 8 nitrogen and oxygen atoms in total. The van der Waals surface area contributed by atoms with Gasteiger partial charge in [-0.3, -0.25) is 0 Å². The molecule has 0 amide bonds. The third-order valence-corrected chi connectivity index (χ3v) is 12.6. The first kappa shape index (κ1) is 23.8. The molecule has 3 rings (SSSR count). The van der Waals surface area contributed by atoms with E-state index in [4.69, 9.17) is 9.47 Å². The van der Waals surface area contributed by atoms with Gasteiger partial charge in [-0.1, -0.05) is 0 Å². The number of methoxy groups -OCH3 is 2. The SMILES string of the molecule is CCP(C)(CC)(Cc1ccccc1)NCc1cc([N+](=O)[O-])cc2nc(OC)c(OC)nc12. The number of benzene rings is 2. The van der Waals surface area contributed by atoms with Crippen molar-refractivity contribution in [1.82, 2.24) is 15.1 Å². The monoisotopic (exact) mass is 458 g/mol. The Bertz CT molecular complexity index is 1120. The van der Waals surface area contributed by atoms with E-state index in [1.54, 1.807) is 6.07 Å². The van der Waals surface area contributed by atoms with Crippen molar-refractivity contribution in [3.63, 3.8) is 0 Å². The summed E-state index contributed by atoms with van der Waals surface area (Å²) >= 11 is 0. The van der Waals surface area contributed by atoms with E-state index >= 15 is 0 Å². The molecule has 0 saturated carbocycles. The standard InChI is InChI=1S/C23H31N4O4P/c1-6-32(5,7-2,16-17-11-9-8-10-12-17)24-15-18-13-19(27(28)29)14-20-21(18)26-23(31-4)22(25-20)30-3/h8-14,24H,6-7,15-16H2,1-5H3. The van der Waals surface area contributed by atoms with Crippen molar-refractivity contribution in [2.45, 2.75) is 26.6 Å². The van der Waals surface area contributed by atoms with Gasteiger partial charge in [0, 0.05) is 0 Å². The number of ether oxygens (including phenoxy) is 2. The molecule has 9 heteroatoms. The zero-order valence-electron chi connectivity index (χ0n) is 19.3. The van der Waals surface area contributed by atoms with E-state index in [1.807, 2.05) is 6.07 Å². The summed E-state index contributed by atoms with van der Waals surface area (Å²) < 4.78 is 10.6. The molecule has 1 aromatic heterocycles. The van der Waals surface area contributed by atoms with Gasteiger partial charge in [-0.15, -0.1) is 0 Å². The minimum atomic E-state index is -2.36. The van der Waals surface area contributed by atoms with Crippen LogP contribution in [0.3, 0.4) is 0 Å². The molecule has 0 unspecified atom stereocenters. The van der Waals surface area contributed by atoms with E-state index in [1.165, 1.54) is 25.8 Å². The Morgan fingerprint density at radius 3 is 2.22 bits per heavy atom. The van der Waals surface area contributed by atoms with Gasteiger partial charge in [-0.25, -0.2) is 0 Å². The summed E-state index contributed by atoms with van der Waals surface area (Å²) in [5, 5.41) is 15.4. The van der Waals surface area contributed by atoms with Crippen LogP contribution < -0.4 is 14.6 Å². The Labute approximate surface area is 188 Å². The van der Waals surface area contributed by atoms with E-state index in [0.717, 1.165) is 18.5 Å². The molecular formula is C23H31N4O4P. The molecule has 0 saturated heterocycles. The van der Waals surface area contributed by atoms with Crippen molar-refractivity contribution in [2.24, 2.45) is 0 Å². The molecule has 0 fully saturated rings. The molecule has 0 atom stereocenters. The maximum atomic E-state index is 11.6. The van der Waals surface area contributed by atoms with Gasteiger partial charge in [0.1, 0.15) is 0 Å². The van der Waals surface area contributed by atoms with Crippen LogP contribution in [0.5, 0.6) is 11.8 Å². The summed E-state index contributed by atoms with van der Waals surface area (Å²) in [6.07, 6.45) is 2.97. The van der Waals surface area contributed by atoms with Crippen LogP contribution in [0.2, 0.25) is 0 Å². The van der Waals surface area contributed by atoms with Gasteiger partial charge < -0.3 is 0 Å². The number of fused-ring (bicyclic) bond motifs is 1. The van der Waals surface area contributed by atoms with E-state index < -0.39 is 11.7 Å². The van der Waals surface area contributed by atoms with Crippen LogP contribution >= 0.6 is 6.75 Å². The fourth-order valence-corrected chi connectivity index (χ4v) is 7.25. The number of hydrogen-bond acceptors (Lipinski definition) is 7. The molecule has 0 aliphatic heterocycles. The summed E-state index contributed by atoms with van der Waals surface area (Å²) in [4.78, 5) is 20.1. The number of nitro groups is 1. The molecule has 0 aliphatic carbocycles. The molecular weight excluding hydrogens is 427 g/mol. The quantitative estimate of drug-likeness (QED) is 0.260. The second-order valence-electron chi connectivity index (χ2n) is 8.40. The molecule has 0 bridgehead atoms. The van der Waals surface area contributed by atoms with Gasteiger partial charge in [0.15, 0.2) is 0 Å². The van der Waals surface area contributed by atoms with E-state index in [0.29, 0.717) is 23.1 Å². The van der Waals surface area contributed by atoms with Gasteiger partial charge in [-0.2, -0.15) is 0 Å². The minimum absolute atomic E-state index is 0.0247. The fourth-order valence-electron chi connectivity index (χ4n) is 3.86. The van der Waals surface area contributed by atoms with Crippen LogP contribution in [-0.4, -0.2) is 48.1 Å². The molecule has 172 valence electrons. The van der Waals surface area contributed by atoms with Crippen molar-refractivity contribution in [3.05, 3.63) is 63.7 Å². The van der Waals surface area contributed by atoms with Crippen LogP contribution in [-0.2, 0) is 12.7 Å². The number of non-ortho nitro benzene ring substituents is 1. The molecule has 1 heterocycles. The second kappa shape index (κ2) is 9.35. The number of hydrogen-bond donors (Lipinski definition) is 1. The predicted octanol–water partition coefficient (Wildman–Crippen LogP) is 4.98. The van der Waals surface area contributed by atoms with Gasteiger partial charge in [0.25, 0.3) is 0 Å². The second-order valence-corrected chi connectivity index (χ2v) is 14.9. The molecule has 2 aromatic carbocycles. The van der Waals surface area contributed by atoms with Gasteiger partial charge in [0.2, 0.25) is 0 Å². The average Bonchev–Trinajstić information content (AvgIpc) is 2.82. The summed E-state index contributed by atoms with van der Waals surface area (Å²) in [7, 11) is 2.96. The van der Waals surface area contributed by atoms with Crippen molar-refractivity contribution in [1.29, 1.82) is 0 Å². The normalized spacial score (nSPS) is 12.8. The van der Waals surface area contributed by atoms with Crippen LogP contribution in [0.25, 0.3) is 11.0 Å². The van der Waals surface area contributed by atoms with Crippen molar-refractivity contribution in [2.75, 3.05) is 33.2 Å². The first-order valence-corrected chi connectivity index (χ1v) is 13.9. The maximum absolute atomic E-state index is 11.6. The Morgan fingerprint density at radius 1 is 1.03 bits per heavy atom. The molecule has 0 radical (unpaired) electrons. The summed E-state index contributed by atoms with van der Waals surface area (Å²) in [5.41, 5.74) is 2.95. The number of nitro benzene ring substituents is 1. The fraction of sp³-hybridized carbons (Fsp3) is 0.391. The Kier molecular flexibility index (Phi) is 6.96. The van der Waals surface area contributed by atoms with Gasteiger partial charge in [0.05, 0.1) is 0 Å². The summed E-state index contributed by atoms with van der Waals surface area (Å²) in [5.74, 6) is 0.445. The molecule has 1 N–H and O–H groups in total. The molecule has 32 heavy (non-hydrogen) atoms. The van der Waals surface area contributed by atoms with Crippen LogP contribution in [0.4, 0.5) is 5.69 Å².